The van der Waals surface area contributed by atoms with Gasteiger partial charge in [-0.15, -0.1) is 0 Å². The van der Waals surface area contributed by atoms with Gasteiger partial charge in [0.05, 0.1) is 29.9 Å². The third-order valence-electron chi connectivity index (χ3n) is 4.87. The van der Waals surface area contributed by atoms with Gasteiger partial charge in [-0.2, -0.15) is 5.10 Å². The molecule has 0 saturated carbocycles. The molecular weight excluding hydrogens is 406 g/mol. The first-order valence-electron chi connectivity index (χ1n) is 10.1. The number of carbonyl (C=O) groups excluding carboxylic acids is 2. The predicted octanol–water partition coefficient (Wildman–Crippen LogP) is 2.73. The molecule has 2 aromatic heterocycles. The zero-order valence-corrected chi connectivity index (χ0v) is 17.4. The number of nitrogens with zero attached hydrogens (tertiary/aromatic N) is 3. The fourth-order valence-corrected chi connectivity index (χ4v) is 3.36. The minimum atomic E-state index is -0.285. The number of benzene rings is 2. The van der Waals surface area contributed by atoms with Crippen molar-refractivity contribution in [1.82, 2.24) is 20.1 Å². The van der Waals surface area contributed by atoms with Gasteiger partial charge in [-0.05, 0) is 42.5 Å². The number of carbonyl (C=O) groups is 2. The molecule has 4 rings (SSSR count). The van der Waals surface area contributed by atoms with Crippen molar-refractivity contribution >= 4 is 28.3 Å². The number of pyridine rings is 1. The van der Waals surface area contributed by atoms with Gasteiger partial charge in [0, 0.05) is 29.8 Å². The first-order chi connectivity index (χ1) is 15.5. The molecule has 0 unspecified atom stereocenters. The van der Waals surface area contributed by atoms with Crippen LogP contribution in [0.25, 0.3) is 10.8 Å². The van der Waals surface area contributed by atoms with E-state index in [0.29, 0.717) is 33.4 Å². The van der Waals surface area contributed by atoms with Gasteiger partial charge in [0.15, 0.2) is 0 Å². The van der Waals surface area contributed by atoms with Crippen LogP contribution >= 0.6 is 0 Å². The van der Waals surface area contributed by atoms with E-state index in [-0.39, 0.29) is 30.5 Å². The molecular formula is C24H21N5O3. The molecule has 2 heterocycles. The van der Waals surface area contributed by atoms with E-state index >= 15 is 0 Å². The fraction of sp³-hybridized carbons (Fsp3) is 0.125. The number of fused-ring (bicyclic) bond motifs is 1. The molecule has 8 heteroatoms. The Morgan fingerprint density at radius 3 is 2.34 bits per heavy atom. The molecule has 4 aromatic rings. The Bertz CT molecular complexity index is 1330. The van der Waals surface area contributed by atoms with Crippen LogP contribution in [0.2, 0.25) is 0 Å². The lowest BCUT2D eigenvalue weighted by Crippen LogP contribution is -2.29. The van der Waals surface area contributed by atoms with E-state index in [4.69, 9.17) is 0 Å². The van der Waals surface area contributed by atoms with E-state index in [1.54, 1.807) is 42.6 Å². The van der Waals surface area contributed by atoms with Crippen molar-refractivity contribution in [1.29, 1.82) is 0 Å². The molecule has 160 valence electrons. The number of amides is 2. The zero-order valence-electron chi connectivity index (χ0n) is 17.4. The van der Waals surface area contributed by atoms with E-state index in [1.807, 2.05) is 30.3 Å². The highest BCUT2D eigenvalue weighted by Crippen LogP contribution is 2.14. The second-order valence-corrected chi connectivity index (χ2v) is 7.22. The van der Waals surface area contributed by atoms with Crippen LogP contribution in [0.3, 0.4) is 0 Å². The SMILES string of the molecule is CC(=O)Nc1ccc(C(=O)NCc2nn(Cc3ccccn3)c(=O)c3ccccc23)cc1. The molecule has 0 aliphatic rings. The Kier molecular flexibility index (Phi) is 6.03. The van der Waals surface area contributed by atoms with Crippen molar-refractivity contribution in [3.8, 4) is 0 Å². The number of aromatic nitrogens is 3. The summed E-state index contributed by atoms with van der Waals surface area (Å²) in [7, 11) is 0. The van der Waals surface area contributed by atoms with Crippen LogP contribution in [0.4, 0.5) is 5.69 Å². The predicted molar refractivity (Wildman–Crippen MR) is 121 cm³/mol. The quantitative estimate of drug-likeness (QED) is 0.492. The van der Waals surface area contributed by atoms with Crippen LogP contribution in [-0.2, 0) is 17.9 Å². The Morgan fingerprint density at radius 1 is 0.938 bits per heavy atom. The van der Waals surface area contributed by atoms with E-state index in [1.165, 1.54) is 11.6 Å². The van der Waals surface area contributed by atoms with Crippen molar-refractivity contribution in [2.75, 3.05) is 5.32 Å². The number of hydrogen-bond acceptors (Lipinski definition) is 5. The molecule has 2 N–H and O–H groups in total. The van der Waals surface area contributed by atoms with Gasteiger partial charge < -0.3 is 10.6 Å². The molecule has 0 fully saturated rings. The molecule has 2 aromatic carbocycles. The van der Waals surface area contributed by atoms with Crippen LogP contribution in [-0.4, -0.2) is 26.6 Å². The molecule has 0 atom stereocenters. The maximum Gasteiger partial charge on any atom is 0.275 e. The van der Waals surface area contributed by atoms with Gasteiger partial charge in [-0.1, -0.05) is 24.3 Å². The first-order valence-corrected chi connectivity index (χ1v) is 10.1. The minimum absolute atomic E-state index is 0.148. The third kappa shape index (κ3) is 4.70. The van der Waals surface area contributed by atoms with Crippen LogP contribution in [0, 0.1) is 0 Å². The first kappa shape index (κ1) is 20.9. The molecule has 0 bridgehead atoms. The summed E-state index contributed by atoms with van der Waals surface area (Å²) in [6.07, 6.45) is 1.67. The van der Waals surface area contributed by atoms with Crippen molar-refractivity contribution in [3.63, 3.8) is 0 Å². The van der Waals surface area contributed by atoms with Gasteiger partial charge in [-0.3, -0.25) is 19.4 Å². The summed E-state index contributed by atoms with van der Waals surface area (Å²) in [6, 6.07) is 19.3. The van der Waals surface area contributed by atoms with Crippen molar-refractivity contribution < 1.29 is 9.59 Å². The van der Waals surface area contributed by atoms with Gasteiger partial charge in [0.25, 0.3) is 11.5 Å². The van der Waals surface area contributed by atoms with Crippen LogP contribution < -0.4 is 16.2 Å². The van der Waals surface area contributed by atoms with Crippen molar-refractivity contribution in [2.24, 2.45) is 0 Å². The van der Waals surface area contributed by atoms with Gasteiger partial charge in [0.1, 0.15) is 0 Å². The zero-order chi connectivity index (χ0) is 22.5. The topological polar surface area (TPSA) is 106 Å². The van der Waals surface area contributed by atoms with Crippen LogP contribution in [0.1, 0.15) is 28.7 Å². The van der Waals surface area contributed by atoms with E-state index in [2.05, 4.69) is 20.7 Å². The standard InChI is InChI=1S/C24H21N5O3/c1-16(30)27-18-11-9-17(10-12-18)23(31)26-14-22-20-7-2-3-8-21(20)24(32)29(28-22)15-19-6-4-5-13-25-19/h2-13H,14-15H2,1H3,(H,26,31)(H,27,30). The summed E-state index contributed by atoms with van der Waals surface area (Å²) in [5, 5.41) is 11.3. The Hall–Kier alpha value is -4.33. The lowest BCUT2D eigenvalue weighted by Gasteiger charge is -2.12. The Morgan fingerprint density at radius 2 is 1.66 bits per heavy atom. The third-order valence-corrected chi connectivity index (χ3v) is 4.87. The smallest absolute Gasteiger partial charge is 0.275 e. The summed E-state index contributed by atoms with van der Waals surface area (Å²) >= 11 is 0. The normalized spacial score (nSPS) is 10.7. The molecule has 0 radical (unpaired) electrons. The second-order valence-electron chi connectivity index (χ2n) is 7.22. The summed E-state index contributed by atoms with van der Waals surface area (Å²) in [4.78, 5) is 40.9. The van der Waals surface area contributed by atoms with Gasteiger partial charge in [-0.25, -0.2) is 4.68 Å². The average Bonchev–Trinajstić information content (AvgIpc) is 2.81. The largest absolute Gasteiger partial charge is 0.346 e. The average molecular weight is 427 g/mol. The molecule has 0 aliphatic heterocycles. The molecule has 8 nitrogen and oxygen atoms in total. The maximum atomic E-state index is 12.9. The highest BCUT2D eigenvalue weighted by atomic mass is 16.2. The molecule has 2 amide bonds. The van der Waals surface area contributed by atoms with Crippen molar-refractivity contribution in [3.05, 3.63) is 100 Å². The van der Waals surface area contributed by atoms with Crippen molar-refractivity contribution in [2.45, 2.75) is 20.0 Å². The van der Waals surface area contributed by atoms with E-state index in [9.17, 15) is 14.4 Å². The fourth-order valence-electron chi connectivity index (χ4n) is 3.36. The Balaban J connectivity index is 1.58. The second kappa shape index (κ2) is 9.22. The highest BCUT2D eigenvalue weighted by Gasteiger charge is 2.13. The number of hydrogen-bond donors (Lipinski definition) is 2. The number of rotatable bonds is 6. The summed E-state index contributed by atoms with van der Waals surface area (Å²) in [5.74, 6) is -0.464. The van der Waals surface area contributed by atoms with Gasteiger partial charge >= 0.3 is 0 Å². The van der Waals surface area contributed by atoms with Crippen LogP contribution in [0.5, 0.6) is 0 Å². The van der Waals surface area contributed by atoms with Crippen LogP contribution in [0.15, 0.2) is 77.7 Å². The summed E-state index contributed by atoms with van der Waals surface area (Å²) in [6.45, 7) is 1.80. The minimum Gasteiger partial charge on any atom is -0.346 e. The van der Waals surface area contributed by atoms with Gasteiger partial charge in [0.2, 0.25) is 5.91 Å². The lowest BCUT2D eigenvalue weighted by atomic mass is 10.1. The lowest BCUT2D eigenvalue weighted by molar-refractivity contribution is -0.114. The molecule has 0 spiro atoms. The molecule has 0 aliphatic carbocycles. The Labute approximate surface area is 183 Å². The highest BCUT2D eigenvalue weighted by molar-refractivity contribution is 5.95. The van der Waals surface area contributed by atoms with E-state index in [0.717, 1.165) is 0 Å². The number of anilines is 1. The summed E-state index contributed by atoms with van der Waals surface area (Å²) in [5.41, 5.74) is 2.15. The number of nitrogens with one attached hydrogen (secondary N) is 2. The maximum absolute atomic E-state index is 12.9. The monoisotopic (exact) mass is 427 g/mol. The van der Waals surface area contributed by atoms with E-state index < -0.39 is 0 Å². The molecule has 32 heavy (non-hydrogen) atoms. The molecule has 0 saturated heterocycles. The summed E-state index contributed by atoms with van der Waals surface area (Å²) < 4.78 is 1.37.